The van der Waals surface area contributed by atoms with Gasteiger partial charge in [-0.1, -0.05) is 36.4 Å². The van der Waals surface area contributed by atoms with Gasteiger partial charge in [0.1, 0.15) is 11.5 Å². The van der Waals surface area contributed by atoms with Gasteiger partial charge < -0.3 is 14.6 Å². The van der Waals surface area contributed by atoms with Gasteiger partial charge in [-0.2, -0.15) is 0 Å². The Bertz CT molecular complexity index is 960. The molecule has 140 valence electrons. The van der Waals surface area contributed by atoms with Crippen molar-refractivity contribution in [3.63, 3.8) is 0 Å². The number of rotatable bonds is 5. The number of para-hydroxylation sites is 1. The lowest BCUT2D eigenvalue weighted by molar-refractivity contribution is 0.0707. The van der Waals surface area contributed by atoms with Gasteiger partial charge in [0.15, 0.2) is 0 Å². The summed E-state index contributed by atoms with van der Waals surface area (Å²) in [4.78, 5) is 13.0. The SMILES string of the molecule is C[C@@H](NC(=O)c1cc2ccccc2n1Cc1ccccc1F)[C@H]1CCCO1. The monoisotopic (exact) mass is 366 g/mol. The van der Waals surface area contributed by atoms with E-state index in [1.54, 1.807) is 12.1 Å². The summed E-state index contributed by atoms with van der Waals surface area (Å²) in [6.07, 6.45) is 2.04. The van der Waals surface area contributed by atoms with E-state index in [0.717, 1.165) is 30.4 Å². The summed E-state index contributed by atoms with van der Waals surface area (Å²) < 4.78 is 21.8. The molecular formula is C22H23FN2O2. The number of aromatic nitrogens is 1. The smallest absolute Gasteiger partial charge is 0.268 e. The molecule has 4 nitrogen and oxygen atoms in total. The second kappa shape index (κ2) is 7.53. The number of hydrogen-bond acceptors (Lipinski definition) is 2. The number of nitrogens with zero attached hydrogens (tertiary/aromatic N) is 1. The van der Waals surface area contributed by atoms with Crippen molar-refractivity contribution in [2.45, 2.75) is 38.5 Å². The number of carbonyl (C=O) groups is 1. The fourth-order valence-corrected chi connectivity index (χ4v) is 3.74. The molecule has 0 bridgehead atoms. The molecule has 27 heavy (non-hydrogen) atoms. The summed E-state index contributed by atoms with van der Waals surface area (Å²) in [5, 5.41) is 4.02. The molecule has 0 spiro atoms. The van der Waals surface area contributed by atoms with E-state index in [-0.39, 0.29) is 23.9 Å². The van der Waals surface area contributed by atoms with Crippen molar-refractivity contribution in [1.82, 2.24) is 9.88 Å². The highest BCUT2D eigenvalue weighted by atomic mass is 19.1. The number of carbonyl (C=O) groups excluding carboxylic acids is 1. The first-order chi connectivity index (χ1) is 13.1. The lowest BCUT2D eigenvalue weighted by Crippen LogP contribution is -2.41. The summed E-state index contributed by atoms with van der Waals surface area (Å²) in [7, 11) is 0. The Labute approximate surface area is 157 Å². The van der Waals surface area contributed by atoms with Crippen molar-refractivity contribution >= 4 is 16.8 Å². The van der Waals surface area contributed by atoms with Crippen LogP contribution in [0.2, 0.25) is 0 Å². The first-order valence-corrected chi connectivity index (χ1v) is 9.37. The predicted molar refractivity (Wildman–Crippen MR) is 103 cm³/mol. The third-order valence-corrected chi connectivity index (χ3v) is 5.21. The summed E-state index contributed by atoms with van der Waals surface area (Å²) in [6, 6.07) is 16.3. The molecule has 0 radical (unpaired) electrons. The molecule has 0 unspecified atom stereocenters. The largest absolute Gasteiger partial charge is 0.376 e. The number of hydrogen-bond donors (Lipinski definition) is 1. The second-order valence-corrected chi connectivity index (χ2v) is 7.08. The Morgan fingerprint density at radius 2 is 2.04 bits per heavy atom. The number of fused-ring (bicyclic) bond motifs is 1. The third-order valence-electron chi connectivity index (χ3n) is 5.21. The maximum atomic E-state index is 14.2. The van der Waals surface area contributed by atoms with Gasteiger partial charge in [-0.05, 0) is 38.0 Å². The maximum absolute atomic E-state index is 14.2. The lowest BCUT2D eigenvalue weighted by atomic mass is 10.1. The highest BCUT2D eigenvalue weighted by Crippen LogP contribution is 2.23. The number of halogens is 1. The first kappa shape index (κ1) is 17.7. The summed E-state index contributed by atoms with van der Waals surface area (Å²) in [6.45, 7) is 3.02. The lowest BCUT2D eigenvalue weighted by Gasteiger charge is -2.20. The Balaban J connectivity index is 1.67. The summed E-state index contributed by atoms with van der Waals surface area (Å²) >= 11 is 0. The number of nitrogens with one attached hydrogen (secondary N) is 1. The van der Waals surface area contributed by atoms with Crippen LogP contribution < -0.4 is 5.32 Å². The van der Waals surface area contributed by atoms with Crippen molar-refractivity contribution in [3.05, 3.63) is 71.7 Å². The van der Waals surface area contributed by atoms with Crippen LogP contribution in [-0.4, -0.2) is 29.2 Å². The molecule has 4 rings (SSSR count). The Morgan fingerprint density at radius 1 is 1.26 bits per heavy atom. The van der Waals surface area contributed by atoms with Crippen LogP contribution in [0.25, 0.3) is 10.9 Å². The highest BCUT2D eigenvalue weighted by Gasteiger charge is 2.25. The average Bonchev–Trinajstić information content (AvgIpc) is 3.32. The molecule has 1 saturated heterocycles. The van der Waals surface area contributed by atoms with E-state index in [1.165, 1.54) is 6.07 Å². The highest BCUT2D eigenvalue weighted by molar-refractivity contribution is 5.99. The molecule has 1 amide bonds. The minimum absolute atomic E-state index is 0.0540. The number of amides is 1. The van der Waals surface area contributed by atoms with E-state index in [0.29, 0.717) is 17.8 Å². The van der Waals surface area contributed by atoms with E-state index in [9.17, 15) is 9.18 Å². The molecule has 1 aliphatic rings. The van der Waals surface area contributed by atoms with Crippen molar-refractivity contribution < 1.29 is 13.9 Å². The normalized spacial score (nSPS) is 17.9. The van der Waals surface area contributed by atoms with Crippen LogP contribution in [0.15, 0.2) is 54.6 Å². The average molecular weight is 366 g/mol. The van der Waals surface area contributed by atoms with Crippen LogP contribution in [0, 0.1) is 5.82 Å². The standard InChI is InChI=1S/C22H23FN2O2/c1-15(21-11-6-12-27-21)24-22(26)20-13-16-7-3-5-10-19(16)25(20)14-17-8-2-4-9-18(17)23/h2-5,7-10,13,15,21H,6,11-12,14H2,1H3,(H,24,26)/t15-,21-/m1/s1. The molecular weight excluding hydrogens is 343 g/mol. The number of ether oxygens (including phenoxy) is 1. The minimum atomic E-state index is -0.269. The van der Waals surface area contributed by atoms with E-state index in [4.69, 9.17) is 4.74 Å². The van der Waals surface area contributed by atoms with Crippen LogP contribution in [0.3, 0.4) is 0 Å². The molecule has 0 aliphatic carbocycles. The minimum Gasteiger partial charge on any atom is -0.376 e. The molecule has 5 heteroatoms. The zero-order chi connectivity index (χ0) is 18.8. The molecule has 2 aromatic carbocycles. The van der Waals surface area contributed by atoms with Crippen molar-refractivity contribution in [3.8, 4) is 0 Å². The first-order valence-electron chi connectivity index (χ1n) is 9.37. The topological polar surface area (TPSA) is 43.3 Å². The molecule has 1 N–H and O–H groups in total. The zero-order valence-electron chi connectivity index (χ0n) is 15.3. The van der Waals surface area contributed by atoms with E-state index >= 15 is 0 Å². The van der Waals surface area contributed by atoms with Gasteiger partial charge >= 0.3 is 0 Å². The van der Waals surface area contributed by atoms with E-state index < -0.39 is 0 Å². The van der Waals surface area contributed by atoms with E-state index in [1.807, 2.05) is 47.9 Å². The van der Waals surface area contributed by atoms with E-state index in [2.05, 4.69) is 5.32 Å². The molecule has 1 aromatic heterocycles. The molecule has 1 aliphatic heterocycles. The van der Waals surface area contributed by atoms with Gasteiger partial charge in [0.2, 0.25) is 0 Å². The van der Waals surface area contributed by atoms with Gasteiger partial charge in [0.05, 0.1) is 18.7 Å². The van der Waals surface area contributed by atoms with Crippen molar-refractivity contribution in [2.75, 3.05) is 6.61 Å². The van der Waals surface area contributed by atoms with Gasteiger partial charge in [-0.3, -0.25) is 4.79 Å². The zero-order valence-corrected chi connectivity index (χ0v) is 15.3. The second-order valence-electron chi connectivity index (χ2n) is 7.08. The Hall–Kier alpha value is -2.66. The van der Waals surface area contributed by atoms with Crippen LogP contribution >= 0.6 is 0 Å². The van der Waals surface area contributed by atoms with Crippen LogP contribution in [0.5, 0.6) is 0 Å². The third kappa shape index (κ3) is 3.60. The number of benzene rings is 2. The molecule has 3 aromatic rings. The summed E-state index contributed by atoms with van der Waals surface area (Å²) in [5.74, 6) is -0.431. The van der Waals surface area contributed by atoms with Crippen LogP contribution in [0.4, 0.5) is 4.39 Å². The predicted octanol–water partition coefficient (Wildman–Crippen LogP) is 4.13. The fraction of sp³-hybridized carbons (Fsp3) is 0.318. The van der Waals surface area contributed by atoms with Gasteiger partial charge in [0.25, 0.3) is 5.91 Å². The summed E-state index contributed by atoms with van der Waals surface area (Å²) in [5.41, 5.74) is 2.00. The Morgan fingerprint density at radius 3 is 2.81 bits per heavy atom. The fourth-order valence-electron chi connectivity index (χ4n) is 3.74. The quantitative estimate of drug-likeness (QED) is 0.738. The van der Waals surface area contributed by atoms with Gasteiger partial charge in [-0.15, -0.1) is 0 Å². The van der Waals surface area contributed by atoms with Crippen molar-refractivity contribution in [2.24, 2.45) is 0 Å². The van der Waals surface area contributed by atoms with Crippen LogP contribution in [-0.2, 0) is 11.3 Å². The van der Waals surface area contributed by atoms with Crippen molar-refractivity contribution in [1.29, 1.82) is 0 Å². The maximum Gasteiger partial charge on any atom is 0.268 e. The van der Waals surface area contributed by atoms with Gasteiger partial charge in [-0.25, -0.2) is 4.39 Å². The molecule has 0 saturated carbocycles. The Kier molecular flexibility index (Phi) is 4.94. The van der Waals surface area contributed by atoms with Crippen LogP contribution in [0.1, 0.15) is 35.8 Å². The molecule has 2 atom stereocenters. The molecule has 2 heterocycles. The van der Waals surface area contributed by atoms with Gasteiger partial charge in [0, 0.05) is 23.1 Å². The molecule has 1 fully saturated rings.